The topological polar surface area (TPSA) is 52.6 Å². The van der Waals surface area contributed by atoms with E-state index in [0.717, 1.165) is 0 Å². The zero-order chi connectivity index (χ0) is 17.7. The van der Waals surface area contributed by atoms with E-state index < -0.39 is 11.6 Å². The highest BCUT2D eigenvalue weighted by atomic mass is 19.1. The minimum absolute atomic E-state index is 0.183. The Kier molecular flexibility index (Phi) is 5.34. The van der Waals surface area contributed by atoms with Crippen molar-refractivity contribution in [1.82, 2.24) is 0 Å². The monoisotopic (exact) mass is 330 g/mol. The third-order valence-corrected chi connectivity index (χ3v) is 3.34. The van der Waals surface area contributed by atoms with Gasteiger partial charge in [0, 0.05) is 12.5 Å². The lowest BCUT2D eigenvalue weighted by atomic mass is 9.96. The zero-order valence-electron chi connectivity index (χ0n) is 13.8. The Hall–Kier alpha value is -2.69. The van der Waals surface area contributed by atoms with Gasteiger partial charge in [-0.15, -0.1) is 0 Å². The molecular formula is C19H19FO4. The minimum atomic E-state index is -1.26. The molecule has 2 rings (SSSR count). The van der Waals surface area contributed by atoms with Crippen molar-refractivity contribution in [2.24, 2.45) is 0 Å². The Morgan fingerprint density at radius 1 is 1.08 bits per heavy atom. The summed E-state index contributed by atoms with van der Waals surface area (Å²) in [5.74, 6) is -0.701. The van der Waals surface area contributed by atoms with Crippen LogP contribution < -0.4 is 4.74 Å². The Labute approximate surface area is 140 Å². The fraction of sp³-hybridized carbons (Fsp3) is 0.263. The molecule has 2 aromatic carbocycles. The number of hydrogen-bond acceptors (Lipinski definition) is 4. The van der Waals surface area contributed by atoms with Crippen LogP contribution in [0, 0.1) is 5.82 Å². The molecule has 5 heteroatoms. The summed E-state index contributed by atoms with van der Waals surface area (Å²) in [6, 6.07) is 12.7. The van der Waals surface area contributed by atoms with Crippen LogP contribution >= 0.6 is 0 Å². The van der Waals surface area contributed by atoms with Crippen LogP contribution in [0.15, 0.2) is 48.5 Å². The van der Waals surface area contributed by atoms with Crippen LogP contribution in [0.25, 0.3) is 0 Å². The van der Waals surface area contributed by atoms with Gasteiger partial charge in [0.25, 0.3) is 0 Å². The molecule has 0 amide bonds. The van der Waals surface area contributed by atoms with Gasteiger partial charge < -0.3 is 9.47 Å². The molecular weight excluding hydrogens is 311 g/mol. The fourth-order valence-corrected chi connectivity index (χ4v) is 2.27. The summed E-state index contributed by atoms with van der Waals surface area (Å²) in [5, 5.41) is 0. The smallest absolute Gasteiger partial charge is 0.303 e. The van der Waals surface area contributed by atoms with Gasteiger partial charge >= 0.3 is 5.97 Å². The van der Waals surface area contributed by atoms with Gasteiger partial charge in [-0.1, -0.05) is 24.3 Å². The van der Waals surface area contributed by atoms with Gasteiger partial charge in [-0.3, -0.25) is 9.59 Å². The van der Waals surface area contributed by atoms with Crippen molar-refractivity contribution >= 4 is 11.8 Å². The number of hydrogen-bond donors (Lipinski definition) is 0. The largest absolute Gasteiger partial charge is 0.489 e. The number of halogens is 1. The average Bonchev–Trinajstić information content (AvgIpc) is 2.51. The third-order valence-electron chi connectivity index (χ3n) is 3.34. The Morgan fingerprint density at radius 3 is 2.46 bits per heavy atom. The highest BCUT2D eigenvalue weighted by molar-refractivity contribution is 6.03. The predicted octanol–water partition coefficient (Wildman–Crippen LogP) is 3.93. The van der Waals surface area contributed by atoms with Crippen LogP contribution in [-0.4, -0.2) is 17.4 Å². The van der Waals surface area contributed by atoms with Crippen LogP contribution in [0.2, 0.25) is 0 Å². The van der Waals surface area contributed by atoms with E-state index in [1.54, 1.807) is 36.4 Å². The summed E-state index contributed by atoms with van der Waals surface area (Å²) in [7, 11) is 0. The van der Waals surface area contributed by atoms with E-state index in [2.05, 4.69) is 0 Å². The first-order valence-electron chi connectivity index (χ1n) is 7.49. The van der Waals surface area contributed by atoms with Crippen molar-refractivity contribution in [3.8, 4) is 5.75 Å². The molecule has 0 aromatic heterocycles. The lowest BCUT2D eigenvalue weighted by molar-refractivity contribution is -0.149. The molecule has 0 N–H and O–H groups in total. The van der Waals surface area contributed by atoms with Crippen LogP contribution in [0.1, 0.15) is 36.7 Å². The maximum Gasteiger partial charge on any atom is 0.303 e. The van der Waals surface area contributed by atoms with Crippen LogP contribution in [0.5, 0.6) is 5.75 Å². The number of benzene rings is 2. The van der Waals surface area contributed by atoms with E-state index in [-0.39, 0.29) is 18.2 Å². The Bertz CT molecular complexity index is 753. The first-order chi connectivity index (χ1) is 11.3. The third kappa shape index (κ3) is 4.65. The van der Waals surface area contributed by atoms with Gasteiger partial charge in [0.2, 0.25) is 5.78 Å². The molecule has 0 aliphatic heterocycles. The molecule has 0 fully saturated rings. The molecule has 24 heavy (non-hydrogen) atoms. The van der Waals surface area contributed by atoms with Crippen molar-refractivity contribution < 1.29 is 23.5 Å². The zero-order valence-corrected chi connectivity index (χ0v) is 13.8. The van der Waals surface area contributed by atoms with Gasteiger partial charge in [0.1, 0.15) is 18.2 Å². The number of ketones is 1. The lowest BCUT2D eigenvalue weighted by Gasteiger charge is -2.23. The summed E-state index contributed by atoms with van der Waals surface area (Å²) in [5.41, 5.74) is -0.197. The average molecular weight is 330 g/mol. The van der Waals surface area contributed by atoms with Gasteiger partial charge in [-0.2, -0.15) is 0 Å². The van der Waals surface area contributed by atoms with Crippen molar-refractivity contribution in [2.75, 3.05) is 0 Å². The van der Waals surface area contributed by atoms with Crippen LogP contribution in [-0.2, 0) is 16.1 Å². The Balaban J connectivity index is 2.11. The first kappa shape index (κ1) is 17.7. The highest BCUT2D eigenvalue weighted by Gasteiger charge is 2.32. The van der Waals surface area contributed by atoms with Gasteiger partial charge in [0.15, 0.2) is 5.60 Å². The second-order valence-corrected chi connectivity index (χ2v) is 5.88. The Morgan fingerprint density at radius 2 is 1.79 bits per heavy atom. The number of rotatable bonds is 6. The SMILES string of the molecule is CC(=O)OC(C)(C)C(=O)c1cccc(OCc2cccc(F)c2)c1. The van der Waals surface area contributed by atoms with Gasteiger partial charge in [-0.05, 0) is 43.7 Å². The normalized spacial score (nSPS) is 11.0. The van der Waals surface area contributed by atoms with Crippen molar-refractivity contribution in [2.45, 2.75) is 33.0 Å². The standard InChI is InChI=1S/C19H19FO4/c1-13(21)24-19(2,3)18(22)15-7-5-9-17(11-15)23-12-14-6-4-8-16(20)10-14/h4-11H,12H2,1-3H3. The van der Waals surface area contributed by atoms with Gasteiger partial charge in [-0.25, -0.2) is 4.39 Å². The second-order valence-electron chi connectivity index (χ2n) is 5.88. The quantitative estimate of drug-likeness (QED) is 0.595. The van der Waals surface area contributed by atoms with E-state index in [0.29, 0.717) is 16.9 Å². The predicted molar refractivity (Wildman–Crippen MR) is 87.3 cm³/mol. The molecule has 0 spiro atoms. The molecule has 0 aliphatic carbocycles. The molecule has 0 bridgehead atoms. The van der Waals surface area contributed by atoms with E-state index in [9.17, 15) is 14.0 Å². The molecule has 126 valence electrons. The molecule has 4 nitrogen and oxygen atoms in total. The van der Waals surface area contributed by atoms with Crippen LogP contribution in [0.3, 0.4) is 0 Å². The molecule has 0 radical (unpaired) electrons. The molecule has 2 aromatic rings. The molecule has 0 unspecified atom stereocenters. The molecule has 0 saturated carbocycles. The molecule has 0 aliphatic rings. The maximum atomic E-state index is 13.2. The number of ether oxygens (including phenoxy) is 2. The van der Waals surface area contributed by atoms with E-state index in [4.69, 9.17) is 9.47 Å². The lowest BCUT2D eigenvalue weighted by Crippen LogP contribution is -2.36. The molecule has 0 saturated heterocycles. The summed E-state index contributed by atoms with van der Waals surface area (Å²) in [4.78, 5) is 23.6. The summed E-state index contributed by atoms with van der Waals surface area (Å²) in [6.07, 6.45) is 0. The summed E-state index contributed by atoms with van der Waals surface area (Å²) in [6.45, 7) is 4.52. The van der Waals surface area contributed by atoms with E-state index in [1.807, 2.05) is 0 Å². The van der Waals surface area contributed by atoms with Crippen molar-refractivity contribution in [3.05, 3.63) is 65.5 Å². The minimum Gasteiger partial charge on any atom is -0.489 e. The van der Waals surface area contributed by atoms with E-state index in [1.165, 1.54) is 32.9 Å². The highest BCUT2D eigenvalue weighted by Crippen LogP contribution is 2.22. The summed E-state index contributed by atoms with van der Waals surface area (Å²) < 4.78 is 23.8. The number of carbonyl (C=O) groups excluding carboxylic acids is 2. The number of esters is 1. The number of Topliss-reactive ketones (excluding diaryl/α,β-unsaturated/α-hetero) is 1. The van der Waals surface area contributed by atoms with Crippen LogP contribution in [0.4, 0.5) is 4.39 Å². The van der Waals surface area contributed by atoms with Crippen molar-refractivity contribution in [1.29, 1.82) is 0 Å². The van der Waals surface area contributed by atoms with Crippen molar-refractivity contribution in [3.63, 3.8) is 0 Å². The number of carbonyl (C=O) groups is 2. The second kappa shape index (κ2) is 7.25. The molecule has 0 heterocycles. The van der Waals surface area contributed by atoms with Gasteiger partial charge in [0.05, 0.1) is 0 Å². The molecule has 0 atom stereocenters. The maximum absolute atomic E-state index is 13.2. The summed E-state index contributed by atoms with van der Waals surface area (Å²) >= 11 is 0. The fourth-order valence-electron chi connectivity index (χ4n) is 2.27. The first-order valence-corrected chi connectivity index (χ1v) is 7.49. The van der Waals surface area contributed by atoms with E-state index >= 15 is 0 Å².